The highest BCUT2D eigenvalue weighted by Crippen LogP contribution is 2.06. The van der Waals surface area contributed by atoms with Gasteiger partial charge in [0.15, 0.2) is 0 Å². The van der Waals surface area contributed by atoms with E-state index in [0.29, 0.717) is 19.5 Å². The van der Waals surface area contributed by atoms with E-state index in [1.54, 1.807) is 6.07 Å². The van der Waals surface area contributed by atoms with Crippen LogP contribution in [0.25, 0.3) is 0 Å². The lowest BCUT2D eigenvalue weighted by Crippen LogP contribution is -2.28. The molecule has 90 valence electrons. The van der Waals surface area contributed by atoms with Gasteiger partial charge < -0.3 is 15.6 Å². The largest absolute Gasteiger partial charge is 0.351 e. The summed E-state index contributed by atoms with van der Waals surface area (Å²) in [5.41, 5.74) is 5.52. The summed E-state index contributed by atoms with van der Waals surface area (Å²) >= 11 is 0. The Balaban J connectivity index is 2.57. The average Bonchev–Trinajstić information content (AvgIpc) is 2.65. The summed E-state index contributed by atoms with van der Waals surface area (Å²) in [7, 11) is 0. The number of nitrogens with zero attached hydrogens (tertiary/aromatic N) is 1. The fourth-order valence-electron chi connectivity index (χ4n) is 1.32. The zero-order chi connectivity index (χ0) is 12.0. The minimum absolute atomic E-state index is 0.248. The molecule has 0 aliphatic carbocycles. The van der Waals surface area contributed by atoms with Crippen molar-refractivity contribution in [1.82, 2.24) is 9.88 Å². The van der Waals surface area contributed by atoms with Gasteiger partial charge in [0.05, 0.1) is 6.54 Å². The van der Waals surface area contributed by atoms with E-state index in [2.05, 4.69) is 5.32 Å². The summed E-state index contributed by atoms with van der Waals surface area (Å²) in [6, 6.07) is 3.08. The van der Waals surface area contributed by atoms with Gasteiger partial charge in [-0.3, -0.25) is 4.79 Å². The lowest BCUT2D eigenvalue weighted by atomic mass is 10.3. The highest BCUT2D eigenvalue weighted by atomic mass is 19.3. The molecule has 0 bridgehead atoms. The standard InChI is InChI=1S/C10H15F2N3O/c11-9(12)7-15-6-1-3-8(15)10(16)14-5-2-4-13/h1,3,6,9H,2,4-5,7,13H2,(H,14,16). The highest BCUT2D eigenvalue weighted by molar-refractivity contribution is 5.92. The van der Waals surface area contributed by atoms with Crippen molar-refractivity contribution in [3.8, 4) is 0 Å². The Labute approximate surface area is 92.4 Å². The van der Waals surface area contributed by atoms with Crippen LogP contribution in [0.15, 0.2) is 18.3 Å². The van der Waals surface area contributed by atoms with Gasteiger partial charge in [-0.15, -0.1) is 0 Å². The van der Waals surface area contributed by atoms with Crippen LogP contribution >= 0.6 is 0 Å². The number of aromatic nitrogens is 1. The fraction of sp³-hybridized carbons (Fsp3) is 0.500. The second-order valence-electron chi connectivity index (χ2n) is 3.34. The second kappa shape index (κ2) is 6.22. The third kappa shape index (κ3) is 3.62. The van der Waals surface area contributed by atoms with Crippen molar-refractivity contribution in [1.29, 1.82) is 0 Å². The molecule has 4 nitrogen and oxygen atoms in total. The van der Waals surface area contributed by atoms with Gasteiger partial charge in [0.25, 0.3) is 12.3 Å². The van der Waals surface area contributed by atoms with Crippen molar-refractivity contribution in [2.24, 2.45) is 5.73 Å². The Morgan fingerprint density at radius 3 is 2.94 bits per heavy atom. The van der Waals surface area contributed by atoms with Crippen LogP contribution in [-0.2, 0) is 6.54 Å². The van der Waals surface area contributed by atoms with Gasteiger partial charge in [0.1, 0.15) is 5.69 Å². The van der Waals surface area contributed by atoms with Gasteiger partial charge in [0, 0.05) is 12.7 Å². The lowest BCUT2D eigenvalue weighted by Gasteiger charge is -2.08. The fourth-order valence-corrected chi connectivity index (χ4v) is 1.32. The van der Waals surface area contributed by atoms with Crippen molar-refractivity contribution >= 4 is 5.91 Å². The van der Waals surface area contributed by atoms with Crippen LogP contribution in [0.5, 0.6) is 0 Å². The van der Waals surface area contributed by atoms with Gasteiger partial charge >= 0.3 is 0 Å². The van der Waals surface area contributed by atoms with E-state index >= 15 is 0 Å². The van der Waals surface area contributed by atoms with Gasteiger partial charge in [0.2, 0.25) is 0 Å². The maximum absolute atomic E-state index is 12.2. The molecule has 0 unspecified atom stereocenters. The van der Waals surface area contributed by atoms with Crippen LogP contribution in [0.1, 0.15) is 16.9 Å². The molecule has 0 atom stereocenters. The average molecular weight is 231 g/mol. The SMILES string of the molecule is NCCCNC(=O)c1cccn1CC(F)F. The topological polar surface area (TPSA) is 60.0 Å². The molecule has 1 heterocycles. The number of halogens is 2. The third-order valence-electron chi connectivity index (χ3n) is 2.06. The van der Waals surface area contributed by atoms with E-state index in [1.165, 1.54) is 16.8 Å². The number of carbonyl (C=O) groups excluding carboxylic acids is 1. The molecule has 0 saturated heterocycles. The molecular formula is C10H15F2N3O. The van der Waals surface area contributed by atoms with Crippen molar-refractivity contribution in [2.45, 2.75) is 19.4 Å². The lowest BCUT2D eigenvalue weighted by molar-refractivity contribution is 0.0930. The first-order chi connectivity index (χ1) is 7.65. The molecule has 3 N–H and O–H groups in total. The van der Waals surface area contributed by atoms with Gasteiger partial charge in [-0.25, -0.2) is 8.78 Å². The molecule has 1 amide bonds. The maximum atomic E-state index is 12.2. The second-order valence-corrected chi connectivity index (χ2v) is 3.34. The van der Waals surface area contributed by atoms with Crippen LogP contribution in [0, 0.1) is 0 Å². The molecule has 0 aliphatic rings. The Morgan fingerprint density at radius 2 is 2.31 bits per heavy atom. The molecule has 0 fully saturated rings. The first-order valence-corrected chi connectivity index (χ1v) is 5.06. The van der Waals surface area contributed by atoms with E-state index < -0.39 is 13.0 Å². The Morgan fingerprint density at radius 1 is 1.56 bits per heavy atom. The number of alkyl halides is 2. The maximum Gasteiger partial charge on any atom is 0.267 e. The summed E-state index contributed by atoms with van der Waals surface area (Å²) in [4.78, 5) is 11.6. The Hall–Kier alpha value is -1.43. The van der Waals surface area contributed by atoms with Crippen LogP contribution in [0.3, 0.4) is 0 Å². The molecule has 6 heteroatoms. The molecule has 16 heavy (non-hydrogen) atoms. The summed E-state index contributed by atoms with van der Waals surface area (Å²) in [6.07, 6.45) is -0.339. The van der Waals surface area contributed by atoms with Crippen LogP contribution in [0.2, 0.25) is 0 Å². The summed E-state index contributed by atoms with van der Waals surface area (Å²) in [5.74, 6) is -0.348. The van der Waals surface area contributed by atoms with E-state index in [1.807, 2.05) is 0 Å². The first kappa shape index (κ1) is 12.6. The monoisotopic (exact) mass is 231 g/mol. The molecule has 0 aromatic carbocycles. The van der Waals surface area contributed by atoms with Gasteiger partial charge in [-0.05, 0) is 25.1 Å². The van der Waals surface area contributed by atoms with Crippen molar-refractivity contribution in [3.05, 3.63) is 24.0 Å². The summed E-state index contributed by atoms with van der Waals surface area (Å²) in [6.45, 7) is 0.472. The molecule has 0 radical (unpaired) electrons. The van der Waals surface area contributed by atoms with Crippen molar-refractivity contribution in [2.75, 3.05) is 13.1 Å². The van der Waals surface area contributed by atoms with E-state index in [4.69, 9.17) is 5.73 Å². The molecule has 0 aliphatic heterocycles. The smallest absolute Gasteiger partial charge is 0.267 e. The zero-order valence-corrected chi connectivity index (χ0v) is 8.83. The molecule has 0 saturated carbocycles. The number of rotatable bonds is 6. The summed E-state index contributed by atoms with van der Waals surface area (Å²) in [5, 5.41) is 2.61. The number of hydrogen-bond acceptors (Lipinski definition) is 2. The molecule has 1 rings (SSSR count). The van der Waals surface area contributed by atoms with Crippen molar-refractivity contribution < 1.29 is 13.6 Å². The highest BCUT2D eigenvalue weighted by Gasteiger charge is 2.12. The molecule has 0 spiro atoms. The normalized spacial score (nSPS) is 10.8. The first-order valence-electron chi connectivity index (χ1n) is 5.06. The predicted octanol–water partition coefficient (Wildman–Crippen LogP) is 0.832. The molecular weight excluding hydrogens is 216 g/mol. The van der Waals surface area contributed by atoms with E-state index in [-0.39, 0.29) is 11.6 Å². The van der Waals surface area contributed by atoms with Gasteiger partial charge in [-0.1, -0.05) is 0 Å². The quantitative estimate of drug-likeness (QED) is 0.712. The van der Waals surface area contributed by atoms with Gasteiger partial charge in [-0.2, -0.15) is 0 Å². The van der Waals surface area contributed by atoms with E-state index in [0.717, 1.165) is 0 Å². The number of nitrogens with one attached hydrogen (secondary N) is 1. The third-order valence-corrected chi connectivity index (χ3v) is 2.06. The van der Waals surface area contributed by atoms with Crippen molar-refractivity contribution in [3.63, 3.8) is 0 Å². The molecule has 1 aromatic heterocycles. The van der Waals surface area contributed by atoms with E-state index in [9.17, 15) is 13.6 Å². The Bertz CT molecular complexity index is 339. The van der Waals surface area contributed by atoms with Crippen LogP contribution in [-0.4, -0.2) is 30.0 Å². The Kier molecular flexibility index (Phi) is 4.91. The number of hydrogen-bond donors (Lipinski definition) is 2. The minimum atomic E-state index is -2.47. The number of nitrogens with two attached hydrogens (primary N) is 1. The number of carbonyl (C=O) groups is 1. The minimum Gasteiger partial charge on any atom is -0.351 e. The van der Waals surface area contributed by atoms with Crippen LogP contribution < -0.4 is 11.1 Å². The van der Waals surface area contributed by atoms with Crippen LogP contribution in [0.4, 0.5) is 8.78 Å². The predicted molar refractivity (Wildman–Crippen MR) is 56.4 cm³/mol. The zero-order valence-electron chi connectivity index (χ0n) is 8.83. The molecule has 1 aromatic rings. The number of amides is 1. The summed E-state index contributed by atoms with van der Waals surface area (Å²) < 4.78 is 25.6.